The Balaban J connectivity index is 1.53. The fourth-order valence-corrected chi connectivity index (χ4v) is 4.21. The molecule has 25 heavy (non-hydrogen) atoms. The van der Waals surface area contributed by atoms with Crippen molar-refractivity contribution in [3.63, 3.8) is 0 Å². The van der Waals surface area contributed by atoms with E-state index in [-0.39, 0.29) is 11.9 Å². The van der Waals surface area contributed by atoms with Crippen LogP contribution in [-0.4, -0.2) is 85.2 Å². The van der Waals surface area contributed by atoms with Gasteiger partial charge >= 0.3 is 0 Å². The van der Waals surface area contributed by atoms with Crippen LogP contribution in [-0.2, 0) is 11.3 Å². The van der Waals surface area contributed by atoms with Crippen molar-refractivity contribution in [2.75, 3.05) is 47.3 Å². The third kappa shape index (κ3) is 3.88. The first-order chi connectivity index (χ1) is 11.9. The average molecular weight is 349 g/mol. The number of nitrogens with one attached hydrogen (secondary N) is 1. The second kappa shape index (κ2) is 7.43. The zero-order chi connectivity index (χ0) is 18.1. The highest BCUT2D eigenvalue weighted by Crippen LogP contribution is 2.35. The van der Waals surface area contributed by atoms with Gasteiger partial charge in [0.25, 0.3) is 0 Å². The number of carbonyl (C=O) groups is 1. The predicted molar refractivity (Wildman–Crippen MR) is 96.3 cm³/mol. The fourth-order valence-electron chi connectivity index (χ4n) is 4.21. The van der Waals surface area contributed by atoms with Crippen LogP contribution in [0.25, 0.3) is 0 Å². The molecule has 0 spiro atoms. The Morgan fingerprint density at radius 1 is 1.36 bits per heavy atom. The van der Waals surface area contributed by atoms with Crippen molar-refractivity contribution in [1.82, 2.24) is 25.2 Å². The van der Waals surface area contributed by atoms with Gasteiger partial charge in [0.2, 0.25) is 5.91 Å². The number of aryl methyl sites for hydroxylation is 2. The van der Waals surface area contributed by atoms with Gasteiger partial charge in [-0.05, 0) is 47.3 Å². The lowest BCUT2D eigenvalue weighted by atomic mass is 10.0. The Morgan fingerprint density at radius 2 is 2.12 bits per heavy atom. The number of rotatable bonds is 6. The molecule has 3 rings (SSSR count). The van der Waals surface area contributed by atoms with Crippen molar-refractivity contribution in [3.8, 4) is 0 Å². The highest BCUT2D eigenvalue weighted by Gasteiger charge is 2.47. The number of aromatic nitrogens is 1. The van der Waals surface area contributed by atoms with Crippen molar-refractivity contribution >= 4 is 5.91 Å². The third-order valence-corrected chi connectivity index (χ3v) is 5.75. The summed E-state index contributed by atoms with van der Waals surface area (Å²) in [5.74, 6) is 1.66. The van der Waals surface area contributed by atoms with Crippen LogP contribution >= 0.6 is 0 Å². The third-order valence-electron chi connectivity index (χ3n) is 5.75. The van der Waals surface area contributed by atoms with Gasteiger partial charge in [0.1, 0.15) is 5.76 Å². The van der Waals surface area contributed by atoms with E-state index in [2.05, 4.69) is 32.2 Å². The lowest BCUT2D eigenvalue weighted by Crippen LogP contribution is -2.46. The number of hydrogen-bond acceptors (Lipinski definition) is 6. The molecule has 2 aliphatic rings. The van der Waals surface area contributed by atoms with Crippen molar-refractivity contribution in [1.29, 1.82) is 0 Å². The molecule has 7 heteroatoms. The van der Waals surface area contributed by atoms with E-state index in [1.54, 1.807) is 0 Å². The number of carbonyl (C=O) groups excluding carboxylic acids is 1. The predicted octanol–water partition coefficient (Wildman–Crippen LogP) is 0.474. The van der Waals surface area contributed by atoms with E-state index < -0.39 is 0 Å². The molecular weight excluding hydrogens is 318 g/mol. The van der Waals surface area contributed by atoms with Gasteiger partial charge in [-0.3, -0.25) is 14.6 Å². The number of amides is 1. The van der Waals surface area contributed by atoms with Crippen molar-refractivity contribution < 1.29 is 9.32 Å². The highest BCUT2D eigenvalue weighted by atomic mass is 16.5. The molecular formula is C18H31N5O2. The summed E-state index contributed by atoms with van der Waals surface area (Å²) in [6, 6.07) is 0.475. The topological polar surface area (TPSA) is 64.9 Å². The van der Waals surface area contributed by atoms with Crippen LogP contribution in [0.1, 0.15) is 23.4 Å². The van der Waals surface area contributed by atoms with Gasteiger partial charge in [0.05, 0.1) is 11.7 Å². The molecule has 0 radical (unpaired) electrons. The maximum absolute atomic E-state index is 12.5. The summed E-state index contributed by atoms with van der Waals surface area (Å²) in [6.07, 6.45) is 0.951. The van der Waals surface area contributed by atoms with Crippen LogP contribution in [0.15, 0.2) is 4.52 Å². The van der Waals surface area contributed by atoms with E-state index >= 15 is 0 Å². The molecule has 0 bridgehead atoms. The van der Waals surface area contributed by atoms with Crippen LogP contribution < -0.4 is 5.32 Å². The maximum atomic E-state index is 12.5. The molecule has 2 unspecified atom stereocenters. The van der Waals surface area contributed by atoms with Crippen LogP contribution in [0.2, 0.25) is 0 Å². The minimum absolute atomic E-state index is 0.0124. The molecule has 3 atom stereocenters. The number of hydrogen-bond donors (Lipinski definition) is 1. The summed E-state index contributed by atoms with van der Waals surface area (Å²) in [5, 5.41) is 7.13. The smallest absolute Gasteiger partial charge is 0.237 e. The summed E-state index contributed by atoms with van der Waals surface area (Å²) >= 11 is 0. The molecule has 2 saturated heterocycles. The number of likely N-dealkylation sites (N-methyl/N-ethyl adjacent to an activating group) is 2. The van der Waals surface area contributed by atoms with Crippen molar-refractivity contribution in [2.45, 2.75) is 38.9 Å². The second-order valence-electron chi connectivity index (χ2n) is 7.84. The van der Waals surface area contributed by atoms with Crippen LogP contribution in [0, 0.1) is 19.8 Å². The van der Waals surface area contributed by atoms with E-state index in [1.165, 1.54) is 5.56 Å². The molecule has 1 N–H and O–H groups in total. The number of nitrogens with zero attached hydrogens (tertiary/aromatic N) is 4. The van der Waals surface area contributed by atoms with Gasteiger partial charge in [-0.2, -0.15) is 0 Å². The lowest BCUT2D eigenvalue weighted by Gasteiger charge is -2.26. The Labute approximate surface area is 150 Å². The molecule has 1 aromatic heterocycles. The minimum Gasteiger partial charge on any atom is -0.361 e. The minimum atomic E-state index is 0.0124. The van der Waals surface area contributed by atoms with E-state index in [9.17, 15) is 4.79 Å². The van der Waals surface area contributed by atoms with E-state index in [0.29, 0.717) is 18.5 Å². The molecule has 0 aromatic carbocycles. The SMILES string of the molecule is Cc1noc(C)c1CN1CC2C[C@H](C(=O)NCCN(C)C)N(C)C2C1. The van der Waals surface area contributed by atoms with Gasteiger partial charge in [-0.1, -0.05) is 5.16 Å². The van der Waals surface area contributed by atoms with Gasteiger partial charge in [-0.15, -0.1) is 0 Å². The summed E-state index contributed by atoms with van der Waals surface area (Å²) in [5.41, 5.74) is 2.20. The summed E-state index contributed by atoms with van der Waals surface area (Å²) < 4.78 is 5.28. The molecule has 3 heterocycles. The number of likely N-dealkylation sites (tertiary alicyclic amines) is 2. The first kappa shape index (κ1) is 18.4. The van der Waals surface area contributed by atoms with Gasteiger partial charge in [0, 0.05) is 44.3 Å². The van der Waals surface area contributed by atoms with Crippen molar-refractivity contribution in [3.05, 3.63) is 17.0 Å². The Morgan fingerprint density at radius 3 is 2.72 bits per heavy atom. The van der Waals surface area contributed by atoms with Gasteiger partial charge < -0.3 is 14.7 Å². The summed E-state index contributed by atoms with van der Waals surface area (Å²) in [4.78, 5) is 19.3. The highest BCUT2D eigenvalue weighted by molar-refractivity contribution is 5.82. The fraction of sp³-hybridized carbons (Fsp3) is 0.778. The quantitative estimate of drug-likeness (QED) is 0.806. The Hall–Kier alpha value is -1.44. The maximum Gasteiger partial charge on any atom is 0.237 e. The van der Waals surface area contributed by atoms with E-state index in [4.69, 9.17) is 4.52 Å². The largest absolute Gasteiger partial charge is 0.361 e. The Kier molecular flexibility index (Phi) is 5.46. The molecule has 7 nitrogen and oxygen atoms in total. The molecule has 140 valence electrons. The zero-order valence-corrected chi connectivity index (χ0v) is 16.1. The Bertz CT molecular complexity index is 595. The number of fused-ring (bicyclic) bond motifs is 1. The van der Waals surface area contributed by atoms with Crippen LogP contribution in [0.3, 0.4) is 0 Å². The average Bonchev–Trinajstić information content (AvgIpc) is 3.18. The second-order valence-corrected chi connectivity index (χ2v) is 7.84. The normalized spacial score (nSPS) is 27.2. The monoisotopic (exact) mass is 349 g/mol. The molecule has 1 aromatic rings. The molecule has 2 fully saturated rings. The molecule has 0 aliphatic carbocycles. The molecule has 2 aliphatic heterocycles. The summed E-state index contributed by atoms with van der Waals surface area (Å²) in [6.45, 7) is 8.51. The lowest BCUT2D eigenvalue weighted by molar-refractivity contribution is -0.125. The van der Waals surface area contributed by atoms with Crippen LogP contribution in [0.5, 0.6) is 0 Å². The van der Waals surface area contributed by atoms with E-state index in [1.807, 2.05) is 27.9 Å². The zero-order valence-electron chi connectivity index (χ0n) is 16.1. The van der Waals surface area contributed by atoms with Gasteiger partial charge in [-0.25, -0.2) is 0 Å². The van der Waals surface area contributed by atoms with Crippen LogP contribution in [0.4, 0.5) is 0 Å². The van der Waals surface area contributed by atoms with E-state index in [0.717, 1.165) is 44.1 Å². The standard InChI is InChI=1S/C18H31N5O2/c1-12-15(13(2)25-20-12)10-23-9-14-8-16(22(5)17(14)11-23)18(24)19-6-7-21(3)4/h14,16-17H,6-11H2,1-5H3,(H,19,24)/t14?,16-,17?/m1/s1. The summed E-state index contributed by atoms with van der Waals surface area (Å²) in [7, 11) is 6.14. The van der Waals surface area contributed by atoms with Gasteiger partial charge in [0.15, 0.2) is 0 Å². The van der Waals surface area contributed by atoms with Crippen molar-refractivity contribution in [2.24, 2.45) is 5.92 Å². The molecule has 1 amide bonds. The first-order valence-electron chi connectivity index (χ1n) is 9.15. The molecule has 0 saturated carbocycles. The first-order valence-corrected chi connectivity index (χ1v) is 9.15.